The lowest BCUT2D eigenvalue weighted by molar-refractivity contribution is -0.324. The average molecular weight is 197 g/mol. The second kappa shape index (κ2) is 4.06. The molecule has 0 heterocycles. The summed E-state index contributed by atoms with van der Waals surface area (Å²) in [5, 5.41) is 27.2. The Balaban J connectivity index is 3.04. The van der Waals surface area contributed by atoms with Gasteiger partial charge in [0, 0.05) is 11.6 Å². The van der Waals surface area contributed by atoms with Crippen molar-refractivity contribution in [3.8, 4) is 0 Å². The molecule has 0 aliphatic heterocycles. The Hall–Kier alpha value is -0.940. The van der Waals surface area contributed by atoms with Crippen LogP contribution in [-0.4, -0.2) is 21.4 Å². The van der Waals surface area contributed by atoms with Crippen molar-refractivity contribution < 1.29 is 15.3 Å². The lowest BCUT2D eigenvalue weighted by atomic mass is 10.00. The van der Waals surface area contributed by atoms with E-state index in [2.05, 4.69) is 0 Å². The molecule has 1 atom stereocenters. The van der Waals surface area contributed by atoms with Crippen LogP contribution in [0.5, 0.6) is 0 Å². The van der Waals surface area contributed by atoms with Gasteiger partial charge in [-0.15, -0.1) is 0 Å². The number of hydrogen-bond acceptors (Lipinski definition) is 4. The van der Waals surface area contributed by atoms with Gasteiger partial charge in [-0.2, -0.15) is 0 Å². The van der Waals surface area contributed by atoms with Gasteiger partial charge < -0.3 is 21.1 Å². The van der Waals surface area contributed by atoms with E-state index in [1.807, 2.05) is 6.92 Å². The maximum absolute atomic E-state index is 9.05. The van der Waals surface area contributed by atoms with Crippen LogP contribution in [0.15, 0.2) is 24.3 Å². The van der Waals surface area contributed by atoms with Gasteiger partial charge in [0.1, 0.15) is 0 Å². The Morgan fingerprint density at radius 2 is 1.86 bits per heavy atom. The van der Waals surface area contributed by atoms with Crippen molar-refractivity contribution >= 4 is 0 Å². The highest BCUT2D eigenvalue weighted by Crippen LogP contribution is 2.20. The van der Waals surface area contributed by atoms with Gasteiger partial charge in [-0.05, 0) is 18.9 Å². The van der Waals surface area contributed by atoms with Gasteiger partial charge in [-0.1, -0.05) is 24.3 Å². The molecule has 0 bridgehead atoms. The lowest BCUT2D eigenvalue weighted by Crippen LogP contribution is -2.27. The first kappa shape index (κ1) is 11.1. The zero-order chi connectivity index (χ0) is 10.8. The van der Waals surface area contributed by atoms with Gasteiger partial charge in [0.25, 0.3) is 0 Å². The zero-order valence-corrected chi connectivity index (χ0v) is 8.01. The molecule has 14 heavy (non-hydrogen) atoms. The van der Waals surface area contributed by atoms with Crippen molar-refractivity contribution in [1.29, 1.82) is 0 Å². The van der Waals surface area contributed by atoms with Crippen LogP contribution in [-0.2, 0) is 12.4 Å². The molecule has 0 saturated carbocycles. The summed E-state index contributed by atoms with van der Waals surface area (Å²) in [5.74, 6) is -2.79. The molecule has 1 rings (SSSR count). The summed E-state index contributed by atoms with van der Waals surface area (Å²) in [6.07, 6.45) is 0.486. The zero-order valence-electron chi connectivity index (χ0n) is 8.01. The molecule has 1 aromatic carbocycles. The van der Waals surface area contributed by atoms with Crippen LogP contribution in [0.2, 0.25) is 0 Å². The van der Waals surface area contributed by atoms with E-state index in [-0.39, 0.29) is 11.6 Å². The fourth-order valence-electron chi connectivity index (χ4n) is 1.37. The van der Waals surface area contributed by atoms with Gasteiger partial charge in [-0.3, -0.25) is 0 Å². The van der Waals surface area contributed by atoms with Crippen LogP contribution in [0, 0.1) is 0 Å². The lowest BCUT2D eigenvalue weighted by Gasteiger charge is -2.19. The van der Waals surface area contributed by atoms with Crippen LogP contribution >= 0.6 is 0 Å². The number of hydrogen-bond donors (Lipinski definition) is 4. The van der Waals surface area contributed by atoms with Crippen molar-refractivity contribution in [1.82, 2.24) is 0 Å². The third kappa shape index (κ3) is 2.78. The SMILES string of the molecule is CC(N)Cc1ccccc1C(O)(O)O. The fourth-order valence-corrected chi connectivity index (χ4v) is 1.37. The third-order valence-electron chi connectivity index (χ3n) is 1.92. The van der Waals surface area contributed by atoms with Crippen LogP contribution in [0.3, 0.4) is 0 Å². The van der Waals surface area contributed by atoms with E-state index >= 15 is 0 Å². The Morgan fingerprint density at radius 3 is 2.36 bits per heavy atom. The van der Waals surface area contributed by atoms with Gasteiger partial charge >= 0.3 is 5.97 Å². The molecule has 1 aromatic rings. The highest BCUT2D eigenvalue weighted by molar-refractivity contribution is 5.29. The first-order valence-corrected chi connectivity index (χ1v) is 4.42. The van der Waals surface area contributed by atoms with Crippen LogP contribution in [0.25, 0.3) is 0 Å². The minimum atomic E-state index is -2.79. The molecule has 5 N–H and O–H groups in total. The van der Waals surface area contributed by atoms with E-state index in [1.165, 1.54) is 6.07 Å². The molecule has 0 saturated heterocycles. The fraction of sp³-hybridized carbons (Fsp3) is 0.400. The number of aliphatic hydroxyl groups is 3. The van der Waals surface area contributed by atoms with Crippen LogP contribution < -0.4 is 5.73 Å². The van der Waals surface area contributed by atoms with Gasteiger partial charge in [-0.25, -0.2) is 0 Å². The predicted molar refractivity (Wildman–Crippen MR) is 52.1 cm³/mol. The number of benzene rings is 1. The minimum Gasteiger partial charge on any atom is -0.340 e. The largest absolute Gasteiger partial charge is 0.340 e. The van der Waals surface area contributed by atoms with Crippen molar-refractivity contribution in [3.63, 3.8) is 0 Å². The Kier molecular flexibility index (Phi) is 3.23. The maximum Gasteiger partial charge on any atom is 0.304 e. The quantitative estimate of drug-likeness (QED) is 0.499. The molecule has 78 valence electrons. The molecule has 1 unspecified atom stereocenters. The smallest absolute Gasteiger partial charge is 0.304 e. The van der Waals surface area contributed by atoms with E-state index in [4.69, 9.17) is 21.1 Å². The van der Waals surface area contributed by atoms with Crippen LogP contribution in [0.1, 0.15) is 18.1 Å². The summed E-state index contributed by atoms with van der Waals surface area (Å²) < 4.78 is 0. The first-order chi connectivity index (χ1) is 6.41. The second-order valence-electron chi connectivity index (χ2n) is 3.47. The molecular formula is C10H15NO3. The third-order valence-corrected chi connectivity index (χ3v) is 1.92. The summed E-state index contributed by atoms with van der Waals surface area (Å²) in [4.78, 5) is 0. The summed E-state index contributed by atoms with van der Waals surface area (Å²) in [6, 6.07) is 6.44. The van der Waals surface area contributed by atoms with Crippen molar-refractivity contribution in [2.75, 3.05) is 0 Å². The normalized spacial score (nSPS) is 14.1. The monoisotopic (exact) mass is 197 g/mol. The molecule has 0 aliphatic carbocycles. The Morgan fingerprint density at radius 1 is 1.29 bits per heavy atom. The molecule has 0 amide bonds. The highest BCUT2D eigenvalue weighted by atomic mass is 16.7. The van der Waals surface area contributed by atoms with Gasteiger partial charge in [0.15, 0.2) is 0 Å². The number of nitrogens with two attached hydrogens (primary N) is 1. The van der Waals surface area contributed by atoms with E-state index < -0.39 is 5.97 Å². The molecule has 0 radical (unpaired) electrons. The van der Waals surface area contributed by atoms with Crippen molar-refractivity contribution in [3.05, 3.63) is 35.4 Å². The van der Waals surface area contributed by atoms with Crippen LogP contribution in [0.4, 0.5) is 0 Å². The summed E-state index contributed by atoms with van der Waals surface area (Å²) in [7, 11) is 0. The van der Waals surface area contributed by atoms with Crippen molar-refractivity contribution in [2.45, 2.75) is 25.4 Å². The van der Waals surface area contributed by atoms with Crippen molar-refractivity contribution in [2.24, 2.45) is 5.73 Å². The van der Waals surface area contributed by atoms with E-state index in [0.29, 0.717) is 12.0 Å². The number of rotatable bonds is 3. The standard InChI is InChI=1S/C10H15NO3/c1-7(11)6-8-4-2-3-5-9(8)10(12,13)14/h2-5,7,12-14H,6,11H2,1H3. The van der Waals surface area contributed by atoms with Gasteiger partial charge in [0.2, 0.25) is 0 Å². The topological polar surface area (TPSA) is 86.7 Å². The molecule has 0 fully saturated rings. The summed E-state index contributed by atoms with van der Waals surface area (Å²) in [6.45, 7) is 1.81. The molecule has 0 spiro atoms. The molecular weight excluding hydrogens is 182 g/mol. The molecule has 0 aromatic heterocycles. The van der Waals surface area contributed by atoms with E-state index in [1.54, 1.807) is 18.2 Å². The average Bonchev–Trinajstić information content (AvgIpc) is 2.01. The summed E-state index contributed by atoms with van der Waals surface area (Å²) >= 11 is 0. The minimum absolute atomic E-state index is 0.0808. The van der Waals surface area contributed by atoms with E-state index in [0.717, 1.165) is 0 Å². The molecule has 4 heteroatoms. The molecule has 4 nitrogen and oxygen atoms in total. The molecule has 0 aliphatic rings. The first-order valence-electron chi connectivity index (χ1n) is 4.42. The van der Waals surface area contributed by atoms with Gasteiger partial charge in [0.05, 0.1) is 0 Å². The van der Waals surface area contributed by atoms with E-state index in [9.17, 15) is 0 Å². The summed E-state index contributed by atoms with van der Waals surface area (Å²) in [5.41, 5.74) is 6.31. The highest BCUT2D eigenvalue weighted by Gasteiger charge is 2.24. The maximum atomic E-state index is 9.05. The second-order valence-corrected chi connectivity index (χ2v) is 3.47. The Labute approximate surface area is 82.6 Å². The Bertz CT molecular complexity index is 304. The predicted octanol–water partition coefficient (Wildman–Crippen LogP) is -0.336.